The van der Waals surface area contributed by atoms with Gasteiger partial charge in [-0.05, 0) is 31.2 Å². The van der Waals surface area contributed by atoms with Gasteiger partial charge in [-0.25, -0.2) is 9.97 Å². The van der Waals surface area contributed by atoms with Crippen LogP contribution in [0.1, 0.15) is 47.5 Å². The Morgan fingerprint density at radius 1 is 1.27 bits per heavy atom. The van der Waals surface area contributed by atoms with Gasteiger partial charge in [-0.1, -0.05) is 0 Å². The summed E-state index contributed by atoms with van der Waals surface area (Å²) in [6.07, 6.45) is 7.02. The van der Waals surface area contributed by atoms with Gasteiger partial charge >= 0.3 is 0 Å². The van der Waals surface area contributed by atoms with E-state index in [9.17, 15) is 4.79 Å². The van der Waals surface area contributed by atoms with Crippen molar-refractivity contribution < 1.29 is 13.9 Å². The minimum Gasteiger partial charge on any atom is -0.425 e. The largest absolute Gasteiger partial charge is 0.425 e. The molecule has 2 saturated heterocycles. The third-order valence-corrected chi connectivity index (χ3v) is 5.67. The van der Waals surface area contributed by atoms with Gasteiger partial charge in [0.05, 0.1) is 19.1 Å². The maximum absolute atomic E-state index is 12.6. The number of likely N-dealkylation sites (tertiary alicyclic amines) is 1. The molecule has 3 atom stereocenters. The molecular formula is C18H21N5O3. The lowest BCUT2D eigenvalue weighted by Gasteiger charge is -2.35. The SMILES string of the molecule is O=C(c1ccncn1)N1CC[C@@H]2[C@@H](CO[C@H]2Cc2nnc(C3CC3)o2)C1. The van der Waals surface area contributed by atoms with Gasteiger partial charge in [-0.15, -0.1) is 10.2 Å². The predicted octanol–water partition coefficient (Wildman–Crippen LogP) is 1.46. The third-order valence-electron chi connectivity index (χ3n) is 5.67. The van der Waals surface area contributed by atoms with E-state index in [4.69, 9.17) is 9.15 Å². The highest BCUT2D eigenvalue weighted by atomic mass is 16.5. The topological polar surface area (TPSA) is 94.2 Å². The van der Waals surface area contributed by atoms with E-state index in [0.717, 1.165) is 31.7 Å². The Kier molecular flexibility index (Phi) is 3.92. The van der Waals surface area contributed by atoms with Gasteiger partial charge in [-0.3, -0.25) is 4.79 Å². The molecule has 0 aromatic carbocycles. The first kappa shape index (κ1) is 15.9. The second kappa shape index (κ2) is 6.42. The fraction of sp³-hybridized carbons (Fsp3) is 0.611. The summed E-state index contributed by atoms with van der Waals surface area (Å²) in [6, 6.07) is 1.66. The van der Waals surface area contributed by atoms with E-state index >= 15 is 0 Å². The number of rotatable bonds is 4. The molecule has 8 nitrogen and oxygen atoms in total. The number of ether oxygens (including phenoxy) is 1. The van der Waals surface area contributed by atoms with Crippen LogP contribution in [0.4, 0.5) is 0 Å². The smallest absolute Gasteiger partial charge is 0.272 e. The van der Waals surface area contributed by atoms with Crippen LogP contribution in [0.2, 0.25) is 0 Å². The first-order valence-electron chi connectivity index (χ1n) is 9.27. The minimum atomic E-state index is -0.0275. The molecule has 0 N–H and O–H groups in total. The van der Waals surface area contributed by atoms with E-state index in [2.05, 4.69) is 20.2 Å². The van der Waals surface area contributed by atoms with Crippen LogP contribution in [0.25, 0.3) is 0 Å². The van der Waals surface area contributed by atoms with Crippen LogP contribution >= 0.6 is 0 Å². The maximum atomic E-state index is 12.6. The van der Waals surface area contributed by atoms with E-state index in [-0.39, 0.29) is 12.0 Å². The molecule has 2 aromatic heterocycles. The van der Waals surface area contributed by atoms with Crippen molar-refractivity contribution in [3.8, 4) is 0 Å². The molecule has 2 aliphatic heterocycles. The number of piperidine rings is 1. The zero-order valence-corrected chi connectivity index (χ0v) is 14.5. The second-order valence-corrected chi connectivity index (χ2v) is 7.44. The van der Waals surface area contributed by atoms with Crippen LogP contribution in [0.5, 0.6) is 0 Å². The van der Waals surface area contributed by atoms with Gasteiger partial charge in [0.15, 0.2) is 0 Å². The lowest BCUT2D eigenvalue weighted by Crippen LogP contribution is -2.45. The normalized spacial score (nSPS) is 28.2. The summed E-state index contributed by atoms with van der Waals surface area (Å²) in [5.74, 6) is 2.69. The molecule has 0 bridgehead atoms. The van der Waals surface area contributed by atoms with Crippen molar-refractivity contribution in [3.63, 3.8) is 0 Å². The van der Waals surface area contributed by atoms with Gasteiger partial charge < -0.3 is 14.1 Å². The molecule has 5 rings (SSSR count). The van der Waals surface area contributed by atoms with Crippen molar-refractivity contribution in [2.24, 2.45) is 11.8 Å². The Balaban J connectivity index is 1.22. The molecule has 0 radical (unpaired) electrons. The number of aromatic nitrogens is 4. The molecule has 136 valence electrons. The molecule has 4 heterocycles. The zero-order valence-electron chi connectivity index (χ0n) is 14.5. The summed E-state index contributed by atoms with van der Waals surface area (Å²) < 4.78 is 11.8. The monoisotopic (exact) mass is 355 g/mol. The molecule has 8 heteroatoms. The highest BCUT2D eigenvalue weighted by Gasteiger charge is 2.42. The Hall–Kier alpha value is -2.35. The maximum Gasteiger partial charge on any atom is 0.272 e. The predicted molar refractivity (Wildman–Crippen MR) is 89.2 cm³/mol. The summed E-state index contributed by atoms with van der Waals surface area (Å²) in [7, 11) is 0. The quantitative estimate of drug-likeness (QED) is 0.819. The molecule has 3 aliphatic rings. The Morgan fingerprint density at radius 3 is 3.00 bits per heavy atom. The second-order valence-electron chi connectivity index (χ2n) is 7.44. The molecule has 1 aliphatic carbocycles. The van der Waals surface area contributed by atoms with Crippen molar-refractivity contribution in [2.45, 2.75) is 37.7 Å². The molecule has 2 aromatic rings. The molecule has 0 spiro atoms. The Bertz CT molecular complexity index is 791. The third kappa shape index (κ3) is 2.98. The first-order valence-corrected chi connectivity index (χ1v) is 9.27. The van der Waals surface area contributed by atoms with Crippen LogP contribution in [-0.4, -0.2) is 56.8 Å². The Morgan fingerprint density at radius 2 is 2.19 bits per heavy atom. The molecular weight excluding hydrogens is 334 g/mol. The number of amides is 1. The number of fused-ring (bicyclic) bond motifs is 1. The summed E-state index contributed by atoms with van der Waals surface area (Å²) in [5.41, 5.74) is 0.451. The van der Waals surface area contributed by atoms with Gasteiger partial charge in [0.2, 0.25) is 11.8 Å². The summed E-state index contributed by atoms with van der Waals surface area (Å²) in [5, 5.41) is 8.34. The number of carbonyl (C=O) groups is 1. The van der Waals surface area contributed by atoms with E-state index < -0.39 is 0 Å². The van der Waals surface area contributed by atoms with Gasteiger partial charge in [0, 0.05) is 31.1 Å². The number of hydrogen-bond donors (Lipinski definition) is 0. The Labute approximate surface area is 151 Å². The van der Waals surface area contributed by atoms with Gasteiger partial charge in [-0.2, -0.15) is 0 Å². The van der Waals surface area contributed by atoms with Crippen LogP contribution in [-0.2, 0) is 11.2 Å². The van der Waals surface area contributed by atoms with Crippen molar-refractivity contribution in [1.29, 1.82) is 0 Å². The highest BCUT2D eigenvalue weighted by Crippen LogP contribution is 2.40. The van der Waals surface area contributed by atoms with E-state index in [1.54, 1.807) is 12.3 Å². The summed E-state index contributed by atoms with van der Waals surface area (Å²) >= 11 is 0. The fourth-order valence-corrected chi connectivity index (χ4v) is 4.08. The van der Waals surface area contributed by atoms with Crippen LogP contribution in [0.15, 0.2) is 23.0 Å². The number of hydrogen-bond acceptors (Lipinski definition) is 7. The summed E-state index contributed by atoms with van der Waals surface area (Å²) in [4.78, 5) is 22.4. The van der Waals surface area contributed by atoms with Crippen molar-refractivity contribution in [3.05, 3.63) is 36.1 Å². The van der Waals surface area contributed by atoms with Crippen LogP contribution < -0.4 is 0 Å². The molecule has 26 heavy (non-hydrogen) atoms. The lowest BCUT2D eigenvalue weighted by molar-refractivity contribution is 0.0598. The lowest BCUT2D eigenvalue weighted by atomic mass is 9.83. The van der Waals surface area contributed by atoms with E-state index in [1.165, 1.54) is 6.33 Å². The fourth-order valence-electron chi connectivity index (χ4n) is 4.08. The van der Waals surface area contributed by atoms with Gasteiger partial charge in [0.25, 0.3) is 5.91 Å². The first-order chi connectivity index (χ1) is 12.8. The van der Waals surface area contributed by atoms with Gasteiger partial charge in [0.1, 0.15) is 12.0 Å². The van der Waals surface area contributed by atoms with E-state index in [1.807, 2.05) is 4.90 Å². The summed E-state index contributed by atoms with van der Waals surface area (Å²) in [6.45, 7) is 2.11. The number of nitrogens with zero attached hydrogens (tertiary/aromatic N) is 5. The zero-order chi connectivity index (χ0) is 17.5. The van der Waals surface area contributed by atoms with Crippen molar-refractivity contribution in [1.82, 2.24) is 25.1 Å². The standard InChI is InChI=1S/C18H21N5O3/c24-18(14-3-5-19-10-20-14)23-6-4-13-12(8-23)9-25-15(13)7-16-21-22-17(26-16)11-1-2-11/h3,5,10-13,15H,1-2,4,6-9H2/t12-,13-,15+/m1/s1. The highest BCUT2D eigenvalue weighted by molar-refractivity contribution is 5.92. The van der Waals surface area contributed by atoms with Crippen molar-refractivity contribution >= 4 is 5.91 Å². The average Bonchev–Trinajstić information content (AvgIpc) is 3.31. The molecule has 3 fully saturated rings. The average molecular weight is 355 g/mol. The molecule has 1 saturated carbocycles. The molecule has 0 unspecified atom stereocenters. The minimum absolute atomic E-state index is 0.0275. The van der Waals surface area contributed by atoms with Crippen LogP contribution in [0, 0.1) is 11.8 Å². The van der Waals surface area contributed by atoms with Crippen molar-refractivity contribution in [2.75, 3.05) is 19.7 Å². The van der Waals surface area contributed by atoms with E-state index in [0.29, 0.717) is 48.9 Å². The van der Waals surface area contributed by atoms with Crippen LogP contribution in [0.3, 0.4) is 0 Å². The number of carbonyl (C=O) groups excluding carboxylic acids is 1. The molecule has 1 amide bonds.